The lowest BCUT2D eigenvalue weighted by Gasteiger charge is -2.19. The summed E-state index contributed by atoms with van der Waals surface area (Å²) < 4.78 is 5.79. The van der Waals surface area contributed by atoms with E-state index in [0.29, 0.717) is 12.5 Å². The maximum atomic E-state index is 12.7. The van der Waals surface area contributed by atoms with Crippen LogP contribution in [0.4, 0.5) is 4.79 Å². The lowest BCUT2D eigenvalue weighted by molar-refractivity contribution is 0.107. The number of hydrogen-bond acceptors (Lipinski definition) is 2. The molecule has 1 saturated heterocycles. The molecular formula is C25H23NO2. The highest BCUT2D eigenvalue weighted by atomic mass is 16.6. The zero-order chi connectivity index (χ0) is 18.9. The first-order valence-corrected chi connectivity index (χ1v) is 9.96. The number of fused-ring (bicyclic) bond motifs is 3. The molecule has 3 aromatic rings. The third kappa shape index (κ3) is 2.97. The SMILES string of the molecule is O=C(OCC1c2ccccc2-c2ccccc21)N1CC[C@@H](c2ccccc2)C1. The zero-order valence-corrected chi connectivity index (χ0v) is 15.8. The largest absolute Gasteiger partial charge is 0.448 e. The molecule has 1 aliphatic heterocycles. The normalized spacial score (nSPS) is 18.0. The summed E-state index contributed by atoms with van der Waals surface area (Å²) in [7, 11) is 0. The lowest BCUT2D eigenvalue weighted by atomic mass is 9.98. The van der Waals surface area contributed by atoms with Crippen LogP contribution in [-0.4, -0.2) is 30.7 Å². The Morgan fingerprint density at radius 1 is 0.857 bits per heavy atom. The van der Waals surface area contributed by atoms with Crippen LogP contribution >= 0.6 is 0 Å². The number of benzene rings is 3. The molecule has 0 radical (unpaired) electrons. The number of nitrogens with zero attached hydrogens (tertiary/aromatic N) is 1. The molecule has 0 saturated carbocycles. The van der Waals surface area contributed by atoms with Crippen LogP contribution in [0.3, 0.4) is 0 Å². The number of ether oxygens (including phenoxy) is 1. The van der Waals surface area contributed by atoms with Crippen molar-refractivity contribution in [1.29, 1.82) is 0 Å². The van der Waals surface area contributed by atoms with Gasteiger partial charge in [-0.2, -0.15) is 0 Å². The van der Waals surface area contributed by atoms with E-state index < -0.39 is 0 Å². The van der Waals surface area contributed by atoms with E-state index in [0.717, 1.165) is 19.5 Å². The Kier molecular flexibility index (Phi) is 4.36. The highest BCUT2D eigenvalue weighted by Crippen LogP contribution is 2.44. The molecule has 28 heavy (non-hydrogen) atoms. The average molecular weight is 369 g/mol. The van der Waals surface area contributed by atoms with E-state index in [-0.39, 0.29) is 12.0 Å². The van der Waals surface area contributed by atoms with Gasteiger partial charge in [-0.3, -0.25) is 0 Å². The predicted molar refractivity (Wildman–Crippen MR) is 110 cm³/mol. The molecule has 0 unspecified atom stereocenters. The van der Waals surface area contributed by atoms with Crippen molar-refractivity contribution in [2.45, 2.75) is 18.3 Å². The van der Waals surface area contributed by atoms with Crippen molar-refractivity contribution < 1.29 is 9.53 Å². The van der Waals surface area contributed by atoms with Gasteiger partial charge in [0.05, 0.1) is 0 Å². The molecule has 1 heterocycles. The number of carbonyl (C=O) groups excluding carboxylic acids is 1. The second-order valence-electron chi connectivity index (χ2n) is 7.65. The van der Waals surface area contributed by atoms with Gasteiger partial charge < -0.3 is 9.64 Å². The van der Waals surface area contributed by atoms with Gasteiger partial charge in [-0.05, 0) is 34.2 Å². The Balaban J connectivity index is 1.28. The minimum atomic E-state index is -0.194. The van der Waals surface area contributed by atoms with Gasteiger partial charge in [0.1, 0.15) is 6.61 Å². The van der Waals surface area contributed by atoms with Gasteiger partial charge in [0, 0.05) is 24.9 Å². The van der Waals surface area contributed by atoms with Crippen LogP contribution in [0.2, 0.25) is 0 Å². The number of rotatable bonds is 3. The molecular weight excluding hydrogens is 346 g/mol. The Morgan fingerprint density at radius 2 is 1.46 bits per heavy atom. The highest BCUT2D eigenvalue weighted by molar-refractivity contribution is 5.79. The molecule has 1 atom stereocenters. The second kappa shape index (κ2) is 7.16. The van der Waals surface area contributed by atoms with E-state index in [1.54, 1.807) is 0 Å². The summed E-state index contributed by atoms with van der Waals surface area (Å²) in [4.78, 5) is 14.6. The van der Waals surface area contributed by atoms with Crippen LogP contribution in [0.1, 0.15) is 34.9 Å². The van der Waals surface area contributed by atoms with E-state index in [2.05, 4.69) is 72.8 Å². The van der Waals surface area contributed by atoms with E-state index in [1.807, 2.05) is 11.0 Å². The molecule has 3 aromatic carbocycles. The van der Waals surface area contributed by atoms with E-state index in [9.17, 15) is 4.79 Å². The van der Waals surface area contributed by atoms with Crippen LogP contribution < -0.4 is 0 Å². The second-order valence-corrected chi connectivity index (χ2v) is 7.65. The Bertz CT molecular complexity index is 953. The van der Waals surface area contributed by atoms with Crippen molar-refractivity contribution in [2.75, 3.05) is 19.7 Å². The Labute approximate surface area is 165 Å². The maximum absolute atomic E-state index is 12.7. The molecule has 5 rings (SSSR count). The van der Waals surface area contributed by atoms with Gasteiger partial charge in [-0.25, -0.2) is 4.79 Å². The topological polar surface area (TPSA) is 29.5 Å². The van der Waals surface area contributed by atoms with Gasteiger partial charge in [0.15, 0.2) is 0 Å². The number of likely N-dealkylation sites (tertiary alicyclic amines) is 1. The molecule has 0 aromatic heterocycles. The van der Waals surface area contributed by atoms with Crippen molar-refractivity contribution in [2.24, 2.45) is 0 Å². The Hall–Kier alpha value is -3.07. The molecule has 0 bridgehead atoms. The molecule has 3 nitrogen and oxygen atoms in total. The van der Waals surface area contributed by atoms with Crippen LogP contribution in [-0.2, 0) is 4.74 Å². The van der Waals surface area contributed by atoms with Crippen molar-refractivity contribution in [3.8, 4) is 11.1 Å². The average Bonchev–Trinajstić information content (AvgIpc) is 3.37. The Morgan fingerprint density at radius 3 is 2.14 bits per heavy atom. The van der Waals surface area contributed by atoms with E-state index >= 15 is 0 Å². The molecule has 1 amide bonds. The van der Waals surface area contributed by atoms with Crippen molar-refractivity contribution in [1.82, 2.24) is 4.90 Å². The molecule has 1 fully saturated rings. The van der Waals surface area contributed by atoms with Crippen LogP contribution in [0.25, 0.3) is 11.1 Å². The third-order valence-electron chi connectivity index (χ3n) is 6.05. The highest BCUT2D eigenvalue weighted by Gasteiger charge is 2.32. The first-order chi connectivity index (χ1) is 13.8. The first kappa shape index (κ1) is 17.1. The summed E-state index contributed by atoms with van der Waals surface area (Å²) in [6.07, 6.45) is 0.800. The quantitative estimate of drug-likeness (QED) is 0.616. The van der Waals surface area contributed by atoms with Gasteiger partial charge in [0.2, 0.25) is 0 Å². The molecule has 0 spiro atoms. The molecule has 3 heteroatoms. The summed E-state index contributed by atoms with van der Waals surface area (Å²) in [6, 6.07) is 27.3. The molecule has 1 aliphatic carbocycles. The zero-order valence-electron chi connectivity index (χ0n) is 15.8. The number of carbonyl (C=O) groups is 1. The van der Waals surface area contributed by atoms with E-state index in [4.69, 9.17) is 4.74 Å². The summed E-state index contributed by atoms with van der Waals surface area (Å²) in [6.45, 7) is 1.89. The van der Waals surface area contributed by atoms with Crippen LogP contribution in [0.5, 0.6) is 0 Å². The third-order valence-corrected chi connectivity index (χ3v) is 6.05. The smallest absolute Gasteiger partial charge is 0.409 e. The minimum Gasteiger partial charge on any atom is -0.448 e. The standard InChI is InChI=1S/C25H23NO2/c27-25(26-15-14-19(16-26)18-8-2-1-3-9-18)28-17-24-22-12-6-4-10-20(22)21-11-5-7-13-23(21)24/h1-13,19,24H,14-17H2/t19-/m1/s1. The summed E-state index contributed by atoms with van der Waals surface area (Å²) in [5.74, 6) is 0.519. The monoisotopic (exact) mass is 369 g/mol. The summed E-state index contributed by atoms with van der Waals surface area (Å²) in [5, 5.41) is 0. The summed E-state index contributed by atoms with van der Waals surface area (Å²) in [5.41, 5.74) is 6.31. The van der Waals surface area contributed by atoms with Crippen LogP contribution in [0.15, 0.2) is 78.9 Å². The fourth-order valence-corrected chi connectivity index (χ4v) is 4.61. The van der Waals surface area contributed by atoms with Gasteiger partial charge in [-0.1, -0.05) is 78.9 Å². The maximum Gasteiger partial charge on any atom is 0.409 e. The van der Waals surface area contributed by atoms with Crippen molar-refractivity contribution >= 4 is 6.09 Å². The number of amides is 1. The van der Waals surface area contributed by atoms with Crippen molar-refractivity contribution in [3.63, 3.8) is 0 Å². The predicted octanol–water partition coefficient (Wildman–Crippen LogP) is 5.43. The minimum absolute atomic E-state index is 0.115. The van der Waals surface area contributed by atoms with Gasteiger partial charge in [0.25, 0.3) is 0 Å². The summed E-state index contributed by atoms with van der Waals surface area (Å²) >= 11 is 0. The lowest BCUT2D eigenvalue weighted by Crippen LogP contribution is -2.30. The fraction of sp³-hybridized carbons (Fsp3) is 0.240. The number of hydrogen-bond donors (Lipinski definition) is 0. The van der Waals surface area contributed by atoms with Crippen molar-refractivity contribution in [3.05, 3.63) is 95.6 Å². The van der Waals surface area contributed by atoms with Gasteiger partial charge >= 0.3 is 6.09 Å². The molecule has 140 valence electrons. The van der Waals surface area contributed by atoms with Gasteiger partial charge in [-0.15, -0.1) is 0 Å². The van der Waals surface area contributed by atoms with Crippen LogP contribution in [0, 0.1) is 0 Å². The molecule has 0 N–H and O–H groups in total. The first-order valence-electron chi connectivity index (χ1n) is 9.96. The molecule has 2 aliphatic rings. The van der Waals surface area contributed by atoms with E-state index in [1.165, 1.54) is 27.8 Å². The fourth-order valence-electron chi connectivity index (χ4n) is 4.61.